The van der Waals surface area contributed by atoms with Crippen LogP contribution in [0, 0.1) is 0 Å². The SMILES string of the molecule is C=COS(=O)(=O)C(F)(F)F.O=S(=O)(O)C(F)(F)F. The topological polar surface area (TPSA) is 97.7 Å². The van der Waals surface area contributed by atoms with Crippen LogP contribution in [0.2, 0.25) is 0 Å². The Morgan fingerprint density at radius 1 is 0.944 bits per heavy atom. The molecule has 0 aliphatic carbocycles. The highest BCUT2D eigenvalue weighted by Gasteiger charge is 2.47. The molecule has 0 radical (unpaired) electrons. The van der Waals surface area contributed by atoms with Gasteiger partial charge < -0.3 is 4.18 Å². The smallest absolute Gasteiger partial charge is 0.385 e. The zero-order valence-electron chi connectivity index (χ0n) is 7.86. The molecule has 0 unspecified atom stereocenters. The Hall–Kier alpha value is -1.02. The molecule has 0 spiro atoms. The van der Waals surface area contributed by atoms with Gasteiger partial charge in [-0.05, 0) is 0 Å². The summed E-state index contributed by atoms with van der Waals surface area (Å²) in [5.41, 5.74) is -10.9. The van der Waals surface area contributed by atoms with E-state index in [0.717, 1.165) is 0 Å². The highest BCUT2D eigenvalue weighted by Crippen LogP contribution is 2.24. The van der Waals surface area contributed by atoms with Gasteiger partial charge in [0.25, 0.3) is 0 Å². The summed E-state index contributed by atoms with van der Waals surface area (Å²) < 4.78 is 114. The Morgan fingerprint density at radius 3 is 1.28 bits per heavy atom. The Labute approximate surface area is 96.7 Å². The van der Waals surface area contributed by atoms with Crippen molar-refractivity contribution < 1.29 is 51.9 Å². The van der Waals surface area contributed by atoms with Crippen molar-refractivity contribution >= 4 is 20.2 Å². The van der Waals surface area contributed by atoms with Crippen molar-refractivity contribution in [3.8, 4) is 0 Å². The van der Waals surface area contributed by atoms with Gasteiger partial charge in [-0.25, -0.2) is 0 Å². The van der Waals surface area contributed by atoms with Crippen molar-refractivity contribution in [3.63, 3.8) is 0 Å². The van der Waals surface area contributed by atoms with Crippen LogP contribution in [-0.4, -0.2) is 32.4 Å². The molecule has 0 saturated carbocycles. The molecule has 0 bridgehead atoms. The lowest BCUT2D eigenvalue weighted by Gasteiger charge is -2.04. The highest BCUT2D eigenvalue weighted by atomic mass is 32.2. The number of rotatable bonds is 2. The molecule has 6 nitrogen and oxygen atoms in total. The molecule has 18 heavy (non-hydrogen) atoms. The van der Waals surface area contributed by atoms with Crippen molar-refractivity contribution in [2.24, 2.45) is 0 Å². The van der Waals surface area contributed by atoms with Crippen LogP contribution < -0.4 is 0 Å². The predicted molar refractivity (Wildman–Crippen MR) is 43.9 cm³/mol. The fourth-order valence-corrected chi connectivity index (χ4v) is 0.432. The zero-order chi connectivity index (χ0) is 15.4. The largest absolute Gasteiger partial charge is 0.534 e. The maximum atomic E-state index is 11.3. The number of hydrogen-bond acceptors (Lipinski definition) is 5. The van der Waals surface area contributed by atoms with Crippen LogP contribution >= 0.6 is 0 Å². The van der Waals surface area contributed by atoms with E-state index < -0.39 is 31.3 Å². The van der Waals surface area contributed by atoms with Gasteiger partial charge in [0.2, 0.25) is 0 Å². The first-order valence-electron chi connectivity index (χ1n) is 3.20. The number of alkyl halides is 6. The molecule has 0 fully saturated rings. The van der Waals surface area contributed by atoms with Crippen LogP contribution in [-0.2, 0) is 24.4 Å². The first-order valence-corrected chi connectivity index (χ1v) is 6.05. The third-order valence-corrected chi connectivity index (χ3v) is 2.31. The van der Waals surface area contributed by atoms with Gasteiger partial charge in [-0.1, -0.05) is 6.58 Å². The van der Waals surface area contributed by atoms with Crippen molar-refractivity contribution in [1.82, 2.24) is 0 Å². The molecule has 0 aliphatic heterocycles. The first-order chi connectivity index (χ1) is 7.56. The van der Waals surface area contributed by atoms with Gasteiger partial charge in [-0.15, -0.1) is 0 Å². The fourth-order valence-electron chi connectivity index (χ4n) is 0.144. The van der Waals surface area contributed by atoms with E-state index in [1.54, 1.807) is 0 Å². The van der Waals surface area contributed by atoms with Crippen LogP contribution in [0.15, 0.2) is 12.8 Å². The molecule has 0 aromatic rings. The lowest BCUT2D eigenvalue weighted by atomic mass is 11.2. The average molecular weight is 326 g/mol. The standard InChI is InChI=1S/C3H3F3O3S.CHF3O3S/c1-2-9-10(7,8)3(4,5)6;2-1(3,4)8(5,6)7/h2H,1H2;(H,5,6,7). The summed E-state index contributed by atoms with van der Waals surface area (Å²) in [5.74, 6) is 0. The van der Waals surface area contributed by atoms with Crippen LogP contribution in [0.1, 0.15) is 0 Å². The molecule has 0 atom stereocenters. The lowest BCUT2D eigenvalue weighted by molar-refractivity contribution is -0.0517. The van der Waals surface area contributed by atoms with E-state index in [9.17, 15) is 34.8 Å². The van der Waals surface area contributed by atoms with Crippen LogP contribution in [0.5, 0.6) is 0 Å². The van der Waals surface area contributed by atoms with E-state index in [4.69, 9.17) is 13.0 Å². The molecule has 0 aromatic heterocycles. The monoisotopic (exact) mass is 326 g/mol. The minimum Gasteiger partial charge on any atom is -0.385 e. The van der Waals surface area contributed by atoms with Crippen molar-refractivity contribution in [3.05, 3.63) is 12.8 Å². The fraction of sp³-hybridized carbons (Fsp3) is 0.500. The minimum absolute atomic E-state index is 0.197. The third-order valence-electron chi connectivity index (χ3n) is 0.771. The Kier molecular flexibility index (Phi) is 6.17. The van der Waals surface area contributed by atoms with Crippen LogP contribution in [0.25, 0.3) is 0 Å². The van der Waals surface area contributed by atoms with Crippen molar-refractivity contribution in [1.29, 1.82) is 0 Å². The van der Waals surface area contributed by atoms with Crippen LogP contribution in [0.4, 0.5) is 26.3 Å². The quantitative estimate of drug-likeness (QED) is 0.271. The van der Waals surface area contributed by atoms with Crippen molar-refractivity contribution in [2.45, 2.75) is 11.0 Å². The Balaban J connectivity index is 0. The molecule has 0 saturated heterocycles. The average Bonchev–Trinajstić information content (AvgIpc) is 1.98. The van der Waals surface area contributed by atoms with Gasteiger partial charge in [0.05, 0.1) is 6.26 Å². The molecule has 0 aromatic carbocycles. The predicted octanol–water partition coefficient (Wildman–Crippen LogP) is 1.39. The Bertz CT molecular complexity index is 469. The van der Waals surface area contributed by atoms with E-state index in [1.807, 2.05) is 0 Å². The molecule has 0 amide bonds. The van der Waals surface area contributed by atoms with Crippen molar-refractivity contribution in [2.75, 3.05) is 0 Å². The molecule has 0 heterocycles. The molecule has 14 heteroatoms. The summed E-state index contributed by atoms with van der Waals surface area (Å²) in [6.45, 7) is 2.66. The van der Waals surface area contributed by atoms with Gasteiger partial charge in [0.15, 0.2) is 0 Å². The maximum absolute atomic E-state index is 11.3. The van der Waals surface area contributed by atoms with Gasteiger partial charge in [0.1, 0.15) is 0 Å². The molecule has 0 rings (SSSR count). The Morgan fingerprint density at radius 2 is 1.22 bits per heavy atom. The molecule has 1 N–H and O–H groups in total. The van der Waals surface area contributed by atoms with Gasteiger partial charge in [-0.2, -0.15) is 43.2 Å². The third kappa shape index (κ3) is 6.65. The highest BCUT2D eigenvalue weighted by molar-refractivity contribution is 7.87. The summed E-state index contributed by atoms with van der Waals surface area (Å²) in [6.07, 6.45) is 0.197. The summed E-state index contributed by atoms with van der Waals surface area (Å²) in [5, 5.41) is 0. The zero-order valence-corrected chi connectivity index (χ0v) is 9.49. The summed E-state index contributed by atoms with van der Waals surface area (Å²) >= 11 is 0. The maximum Gasteiger partial charge on any atom is 0.534 e. The second kappa shape index (κ2) is 5.75. The molecule has 110 valence electrons. The van der Waals surface area contributed by atoms with E-state index in [1.165, 1.54) is 0 Å². The number of hydrogen-bond donors (Lipinski definition) is 1. The summed E-state index contributed by atoms with van der Waals surface area (Å²) in [4.78, 5) is 0. The molecular formula is C4H4F6O6S2. The van der Waals surface area contributed by atoms with Crippen LogP contribution in [0.3, 0.4) is 0 Å². The van der Waals surface area contributed by atoms with Gasteiger partial charge in [-0.3, -0.25) is 4.55 Å². The number of halogens is 6. The van der Waals surface area contributed by atoms with E-state index in [-0.39, 0.29) is 6.26 Å². The van der Waals surface area contributed by atoms with Gasteiger partial charge in [0, 0.05) is 0 Å². The molecule has 0 aliphatic rings. The van der Waals surface area contributed by atoms with Gasteiger partial charge >= 0.3 is 31.3 Å². The summed E-state index contributed by atoms with van der Waals surface area (Å²) in [6, 6.07) is 0. The second-order valence-corrected chi connectivity index (χ2v) is 5.06. The van der Waals surface area contributed by atoms with E-state index in [0.29, 0.717) is 0 Å². The second-order valence-electron chi connectivity index (χ2n) is 2.08. The molecular weight excluding hydrogens is 322 g/mol. The normalized spacial score (nSPS) is 13.3. The summed E-state index contributed by atoms with van der Waals surface area (Å²) in [7, 11) is -11.3. The lowest BCUT2D eigenvalue weighted by Crippen LogP contribution is -2.23. The minimum atomic E-state index is -5.84. The first kappa shape index (κ1) is 19.3. The van der Waals surface area contributed by atoms with E-state index >= 15 is 0 Å². The van der Waals surface area contributed by atoms with E-state index in [2.05, 4.69) is 10.8 Å².